The van der Waals surface area contributed by atoms with Crippen molar-refractivity contribution in [2.45, 2.75) is 297 Å². The van der Waals surface area contributed by atoms with Crippen LogP contribution < -0.4 is 0 Å². The molecule has 10 fully saturated rings. The monoisotopic (exact) mass is 1340 g/mol. The summed E-state index contributed by atoms with van der Waals surface area (Å²) in [5, 5.41) is 197. The van der Waals surface area contributed by atoms with Crippen molar-refractivity contribution in [3.8, 4) is 0 Å². The van der Waals surface area contributed by atoms with Gasteiger partial charge in [0, 0.05) is 0 Å². The van der Waals surface area contributed by atoms with E-state index in [0.717, 1.165) is 18.4 Å². The summed E-state index contributed by atoms with van der Waals surface area (Å²) in [4.78, 5) is 0. The van der Waals surface area contributed by atoms with Gasteiger partial charge in [0.2, 0.25) is 0 Å². The van der Waals surface area contributed by atoms with E-state index in [1.807, 2.05) is 20.8 Å². The Balaban J connectivity index is 0.837. The SMILES string of the molecule is CC(C)=CCCC(C)(OC1OC(COC2OCC(OC3OCC(O)C(O)C3O)C(O)C2O)C(O)C(O)C1O)C1CCC2(C)C1C(O)CC1C3(C)CCC(OC4OC(CO)C(O)C(O)C4OC4OC(CO)C(O)C(O)C4OC4OCC(O)C(O)C4O)C(C)(C)C3CCC12C. The lowest BCUT2D eigenvalue weighted by atomic mass is 9.35. The van der Waals surface area contributed by atoms with E-state index < -0.39 is 226 Å². The second-order valence-electron chi connectivity index (χ2n) is 30.0. The molecule has 0 aromatic rings. The zero-order valence-electron chi connectivity index (χ0n) is 54.2. The van der Waals surface area contributed by atoms with Crippen molar-refractivity contribution in [2.24, 2.45) is 45.3 Å². The van der Waals surface area contributed by atoms with Gasteiger partial charge in [-0.05, 0) is 124 Å². The molecule has 6 saturated heterocycles. The molecule has 10 aliphatic rings. The van der Waals surface area contributed by atoms with Crippen molar-refractivity contribution < 1.29 is 149 Å². The molecule has 4 saturated carbocycles. The minimum absolute atomic E-state index is 0.0258. The number of allylic oxidation sites excluding steroid dienone is 2. The van der Waals surface area contributed by atoms with Gasteiger partial charge in [0.15, 0.2) is 37.7 Å². The van der Waals surface area contributed by atoms with Crippen molar-refractivity contribution in [3.05, 3.63) is 11.6 Å². The zero-order valence-corrected chi connectivity index (χ0v) is 54.2. The molecular formula is C63H106O30. The third-order valence-electron chi connectivity index (χ3n) is 24.0. The van der Waals surface area contributed by atoms with E-state index in [1.54, 1.807) is 0 Å². The maximum absolute atomic E-state index is 13.0. The van der Waals surface area contributed by atoms with Gasteiger partial charge in [-0.2, -0.15) is 0 Å². The predicted octanol–water partition coefficient (Wildman–Crippen LogP) is -4.64. The molecule has 37 atom stereocenters. The molecule has 4 aliphatic carbocycles. The molecular weight excluding hydrogens is 1240 g/mol. The summed E-state index contributed by atoms with van der Waals surface area (Å²) in [6.07, 6.45) is -38.2. The summed E-state index contributed by atoms with van der Waals surface area (Å²) in [5.74, 6) is -0.715. The van der Waals surface area contributed by atoms with Crippen molar-refractivity contribution in [1.82, 2.24) is 0 Å². The second kappa shape index (κ2) is 28.9. The highest BCUT2D eigenvalue weighted by atomic mass is 16.8. The molecule has 37 unspecified atom stereocenters. The standard InChI is InChI=1S/C63H106O30/c1-25(2)10-9-14-63(8,93-56-50(81)44(75)42(73)32(89-56)23-84-53-49(80)43(74)33(24-85-53)88-54-47(78)38(69)28(67)21-82-54)26-11-16-62(7)37(26)27(66)18-35-60(5)15-13-36(59(3,4)34(60)12-17-61(35,62)6)90-57-51(45(76)40(71)30(19-64)86-57)92-58-52(46(77)41(72)31(20-65)87-58)91-55-48(79)39(70)29(68)22-83-55/h10,26-58,64-81H,9,11-24H2,1-8H3. The molecule has 6 heterocycles. The summed E-state index contributed by atoms with van der Waals surface area (Å²) >= 11 is 0. The van der Waals surface area contributed by atoms with E-state index in [9.17, 15) is 91.9 Å². The Morgan fingerprint density at radius 3 is 1.57 bits per heavy atom. The minimum atomic E-state index is -1.90. The van der Waals surface area contributed by atoms with Crippen LogP contribution in [0.2, 0.25) is 0 Å². The third-order valence-corrected chi connectivity index (χ3v) is 24.0. The van der Waals surface area contributed by atoms with Crippen LogP contribution in [0.5, 0.6) is 0 Å². The Bertz CT molecular complexity index is 2480. The number of ether oxygens (including phenoxy) is 12. The Morgan fingerprint density at radius 2 is 0.989 bits per heavy atom. The van der Waals surface area contributed by atoms with Gasteiger partial charge in [-0.3, -0.25) is 0 Å². The maximum atomic E-state index is 13.0. The van der Waals surface area contributed by atoms with Gasteiger partial charge < -0.3 is 149 Å². The van der Waals surface area contributed by atoms with Crippen LogP contribution in [-0.4, -0.2) is 315 Å². The van der Waals surface area contributed by atoms with Gasteiger partial charge in [0.25, 0.3) is 0 Å². The fourth-order valence-corrected chi connectivity index (χ4v) is 18.3. The quantitative estimate of drug-likeness (QED) is 0.0427. The van der Waals surface area contributed by atoms with Gasteiger partial charge in [0.1, 0.15) is 128 Å². The first-order valence-electron chi connectivity index (χ1n) is 33.1. The van der Waals surface area contributed by atoms with Crippen molar-refractivity contribution in [2.75, 3.05) is 39.6 Å². The average molecular weight is 1340 g/mol. The Hall–Kier alpha value is -1.46. The van der Waals surface area contributed by atoms with Crippen LogP contribution in [-0.2, 0) is 56.8 Å². The van der Waals surface area contributed by atoms with E-state index in [2.05, 4.69) is 40.7 Å². The molecule has 6 aliphatic heterocycles. The van der Waals surface area contributed by atoms with Crippen molar-refractivity contribution >= 4 is 0 Å². The Kier molecular flexibility index (Phi) is 23.1. The van der Waals surface area contributed by atoms with E-state index in [0.29, 0.717) is 44.9 Å². The lowest BCUT2D eigenvalue weighted by Gasteiger charge is -2.71. The number of aliphatic hydroxyl groups excluding tert-OH is 18. The topological polar surface area (TPSA) is 475 Å². The number of rotatable bonds is 19. The van der Waals surface area contributed by atoms with Crippen molar-refractivity contribution in [1.29, 1.82) is 0 Å². The highest BCUT2D eigenvalue weighted by Gasteiger charge is 2.72. The number of fused-ring (bicyclic) bond motifs is 5. The molecule has 0 aromatic heterocycles. The van der Waals surface area contributed by atoms with Crippen LogP contribution in [0, 0.1) is 45.3 Å². The molecule has 538 valence electrons. The van der Waals surface area contributed by atoms with Gasteiger partial charge in [-0.15, -0.1) is 0 Å². The molecule has 0 bridgehead atoms. The molecule has 93 heavy (non-hydrogen) atoms. The summed E-state index contributed by atoms with van der Waals surface area (Å²) in [6, 6.07) is 0. The summed E-state index contributed by atoms with van der Waals surface area (Å²) in [5.41, 5.74) is -1.95. The van der Waals surface area contributed by atoms with E-state index in [1.165, 1.54) is 0 Å². The van der Waals surface area contributed by atoms with Crippen LogP contribution in [0.3, 0.4) is 0 Å². The van der Waals surface area contributed by atoms with Gasteiger partial charge in [-0.25, -0.2) is 0 Å². The number of aliphatic hydroxyl groups is 18. The maximum Gasteiger partial charge on any atom is 0.187 e. The molecule has 30 heteroatoms. The smallest absolute Gasteiger partial charge is 0.187 e. The molecule has 0 aromatic carbocycles. The number of hydrogen-bond donors (Lipinski definition) is 18. The van der Waals surface area contributed by atoms with E-state index >= 15 is 0 Å². The largest absolute Gasteiger partial charge is 0.394 e. The molecule has 0 amide bonds. The first kappa shape index (κ1) is 74.2. The fraction of sp³-hybridized carbons (Fsp3) is 0.968. The summed E-state index contributed by atoms with van der Waals surface area (Å²) in [6.45, 7) is 13.7. The molecule has 0 spiro atoms. The van der Waals surface area contributed by atoms with Gasteiger partial charge in [0.05, 0.1) is 57.5 Å². The van der Waals surface area contributed by atoms with Crippen LogP contribution in [0.15, 0.2) is 11.6 Å². The Labute approximate surface area is 540 Å². The first-order chi connectivity index (χ1) is 43.7. The minimum Gasteiger partial charge on any atom is -0.394 e. The first-order valence-corrected chi connectivity index (χ1v) is 33.1. The van der Waals surface area contributed by atoms with E-state index in [-0.39, 0.29) is 42.3 Å². The fourth-order valence-electron chi connectivity index (χ4n) is 18.3. The molecule has 10 rings (SSSR count). The normalized spacial score (nSPS) is 53.2. The lowest BCUT2D eigenvalue weighted by Crippen LogP contribution is -2.68. The number of hydrogen-bond acceptors (Lipinski definition) is 30. The molecule has 30 nitrogen and oxygen atoms in total. The predicted molar refractivity (Wildman–Crippen MR) is 313 cm³/mol. The van der Waals surface area contributed by atoms with E-state index in [4.69, 9.17) is 56.8 Å². The molecule has 18 N–H and O–H groups in total. The Morgan fingerprint density at radius 1 is 0.484 bits per heavy atom. The van der Waals surface area contributed by atoms with Crippen LogP contribution in [0.1, 0.15) is 113 Å². The third kappa shape index (κ3) is 13.7. The summed E-state index contributed by atoms with van der Waals surface area (Å²) < 4.78 is 72.4. The van der Waals surface area contributed by atoms with Crippen LogP contribution >= 0.6 is 0 Å². The highest BCUT2D eigenvalue weighted by molar-refractivity contribution is 5.21. The average Bonchev–Trinajstić information content (AvgIpc) is 1.65. The second-order valence-corrected chi connectivity index (χ2v) is 30.0. The highest BCUT2D eigenvalue weighted by Crippen LogP contribution is 2.76. The van der Waals surface area contributed by atoms with Gasteiger partial charge in [-0.1, -0.05) is 46.3 Å². The van der Waals surface area contributed by atoms with Crippen LogP contribution in [0.25, 0.3) is 0 Å². The van der Waals surface area contributed by atoms with Crippen LogP contribution in [0.4, 0.5) is 0 Å². The lowest BCUT2D eigenvalue weighted by molar-refractivity contribution is -0.395. The summed E-state index contributed by atoms with van der Waals surface area (Å²) in [7, 11) is 0. The zero-order chi connectivity index (χ0) is 67.9. The van der Waals surface area contributed by atoms with Gasteiger partial charge >= 0.3 is 0 Å². The molecule has 0 radical (unpaired) electrons. The van der Waals surface area contributed by atoms with Crippen molar-refractivity contribution in [3.63, 3.8) is 0 Å².